The molecule has 0 aromatic heterocycles. The minimum atomic E-state index is 0.0445. The zero-order chi connectivity index (χ0) is 11.8. The van der Waals surface area contributed by atoms with Gasteiger partial charge in [0, 0.05) is 26.7 Å². The second-order valence-electron chi connectivity index (χ2n) is 4.15. The zero-order valence-electron chi connectivity index (χ0n) is 10.1. The summed E-state index contributed by atoms with van der Waals surface area (Å²) in [6, 6.07) is 0. The number of allylic oxidation sites excluding steroid dienone is 1. The van der Waals surface area contributed by atoms with Crippen LogP contribution in [0.5, 0.6) is 0 Å². The molecule has 0 aromatic rings. The lowest BCUT2D eigenvalue weighted by Crippen LogP contribution is -2.41. The van der Waals surface area contributed by atoms with Gasteiger partial charge in [-0.3, -0.25) is 4.79 Å². The molecular formula is C12H22N2O2. The molecule has 1 N–H and O–H groups in total. The van der Waals surface area contributed by atoms with Crippen LogP contribution in [0.15, 0.2) is 12.7 Å². The Balaban J connectivity index is 2.19. The molecule has 0 spiro atoms. The lowest BCUT2D eigenvalue weighted by atomic mass is 10.2. The fraction of sp³-hybridized carbons (Fsp3) is 0.750. The molecule has 1 aliphatic rings. The molecule has 1 aliphatic heterocycles. The van der Waals surface area contributed by atoms with E-state index in [0.717, 1.165) is 32.5 Å². The normalized spacial score (nSPS) is 20.4. The summed E-state index contributed by atoms with van der Waals surface area (Å²) in [5, 5.41) is 3.22. The van der Waals surface area contributed by atoms with E-state index in [0.29, 0.717) is 13.0 Å². The molecule has 1 rings (SSSR count). The van der Waals surface area contributed by atoms with Gasteiger partial charge in [0.1, 0.15) is 0 Å². The maximum atomic E-state index is 11.8. The number of hydrogen-bond acceptors (Lipinski definition) is 3. The van der Waals surface area contributed by atoms with Crippen molar-refractivity contribution in [3.8, 4) is 0 Å². The third-order valence-electron chi connectivity index (χ3n) is 2.73. The average Bonchev–Trinajstić information content (AvgIpc) is 2.30. The van der Waals surface area contributed by atoms with Crippen LogP contribution in [-0.4, -0.2) is 50.2 Å². The second kappa shape index (κ2) is 7.41. The van der Waals surface area contributed by atoms with Gasteiger partial charge in [-0.25, -0.2) is 0 Å². The molecule has 0 aliphatic carbocycles. The number of carbonyl (C=O) groups is 1. The Hall–Kier alpha value is -0.870. The van der Waals surface area contributed by atoms with E-state index in [1.165, 1.54) is 0 Å². The summed E-state index contributed by atoms with van der Waals surface area (Å²) >= 11 is 0. The van der Waals surface area contributed by atoms with Gasteiger partial charge in [-0.15, -0.1) is 6.58 Å². The summed E-state index contributed by atoms with van der Waals surface area (Å²) in [4.78, 5) is 13.6. The Morgan fingerprint density at radius 1 is 1.69 bits per heavy atom. The maximum Gasteiger partial charge on any atom is 0.224 e. The largest absolute Gasteiger partial charge is 0.375 e. The number of unbranched alkanes of at least 4 members (excludes halogenated alkanes) is 1. The Labute approximate surface area is 97.6 Å². The van der Waals surface area contributed by atoms with Gasteiger partial charge in [-0.05, 0) is 12.8 Å². The van der Waals surface area contributed by atoms with Gasteiger partial charge in [-0.2, -0.15) is 0 Å². The van der Waals surface area contributed by atoms with Crippen molar-refractivity contribution in [1.29, 1.82) is 0 Å². The summed E-state index contributed by atoms with van der Waals surface area (Å²) in [7, 11) is 1.85. The molecule has 0 aromatic carbocycles. The molecule has 1 fully saturated rings. The van der Waals surface area contributed by atoms with Gasteiger partial charge < -0.3 is 15.0 Å². The second-order valence-corrected chi connectivity index (χ2v) is 4.15. The van der Waals surface area contributed by atoms with E-state index in [-0.39, 0.29) is 12.0 Å². The molecule has 1 saturated heterocycles. The SMILES string of the molecule is C=CCCCN(C)C(=O)CC1CNCCO1. The van der Waals surface area contributed by atoms with Crippen LogP contribution in [0.4, 0.5) is 0 Å². The quantitative estimate of drug-likeness (QED) is 0.538. The van der Waals surface area contributed by atoms with Crippen molar-refractivity contribution in [2.75, 3.05) is 33.3 Å². The van der Waals surface area contributed by atoms with Crippen LogP contribution in [-0.2, 0) is 9.53 Å². The van der Waals surface area contributed by atoms with Gasteiger partial charge >= 0.3 is 0 Å². The molecule has 1 unspecified atom stereocenters. The van der Waals surface area contributed by atoms with Crippen molar-refractivity contribution in [3.63, 3.8) is 0 Å². The van der Waals surface area contributed by atoms with Gasteiger partial charge in [-0.1, -0.05) is 6.08 Å². The number of hydrogen-bond donors (Lipinski definition) is 1. The summed E-state index contributed by atoms with van der Waals surface area (Å²) < 4.78 is 5.50. The third-order valence-corrected chi connectivity index (χ3v) is 2.73. The Bertz CT molecular complexity index is 225. The molecule has 0 bridgehead atoms. The van der Waals surface area contributed by atoms with E-state index in [2.05, 4.69) is 11.9 Å². The highest BCUT2D eigenvalue weighted by Crippen LogP contribution is 2.05. The predicted molar refractivity (Wildman–Crippen MR) is 64.3 cm³/mol. The molecule has 92 valence electrons. The molecule has 1 amide bonds. The first-order valence-electron chi connectivity index (χ1n) is 5.91. The Morgan fingerprint density at radius 3 is 3.12 bits per heavy atom. The van der Waals surface area contributed by atoms with Crippen LogP contribution >= 0.6 is 0 Å². The van der Waals surface area contributed by atoms with Crippen LogP contribution < -0.4 is 5.32 Å². The fourth-order valence-corrected chi connectivity index (χ4v) is 1.70. The molecular weight excluding hydrogens is 204 g/mol. The van der Waals surface area contributed by atoms with Gasteiger partial charge in [0.15, 0.2) is 0 Å². The van der Waals surface area contributed by atoms with E-state index in [4.69, 9.17) is 4.74 Å². The van der Waals surface area contributed by atoms with Crippen molar-refractivity contribution >= 4 is 5.91 Å². The van der Waals surface area contributed by atoms with Crippen LogP contribution in [0.1, 0.15) is 19.3 Å². The number of nitrogens with one attached hydrogen (secondary N) is 1. The molecule has 1 heterocycles. The molecule has 4 heteroatoms. The Morgan fingerprint density at radius 2 is 2.50 bits per heavy atom. The molecule has 16 heavy (non-hydrogen) atoms. The smallest absolute Gasteiger partial charge is 0.224 e. The number of rotatable bonds is 6. The van der Waals surface area contributed by atoms with Crippen molar-refractivity contribution in [3.05, 3.63) is 12.7 Å². The number of carbonyl (C=O) groups excluding carboxylic acids is 1. The van der Waals surface area contributed by atoms with Gasteiger partial charge in [0.05, 0.1) is 19.1 Å². The summed E-state index contributed by atoms with van der Waals surface area (Å²) in [5.41, 5.74) is 0. The van der Waals surface area contributed by atoms with Crippen molar-refractivity contribution in [2.45, 2.75) is 25.4 Å². The van der Waals surface area contributed by atoms with Crippen molar-refractivity contribution < 1.29 is 9.53 Å². The predicted octanol–water partition coefficient (Wildman–Crippen LogP) is 0.790. The average molecular weight is 226 g/mol. The van der Waals surface area contributed by atoms with E-state index in [1.807, 2.05) is 13.1 Å². The standard InChI is InChI=1S/C12H22N2O2/c1-3-4-5-7-14(2)12(15)9-11-10-13-6-8-16-11/h3,11,13H,1,4-10H2,2H3. The fourth-order valence-electron chi connectivity index (χ4n) is 1.70. The van der Waals surface area contributed by atoms with Crippen molar-refractivity contribution in [1.82, 2.24) is 10.2 Å². The number of amides is 1. The highest BCUT2D eigenvalue weighted by molar-refractivity contribution is 5.76. The summed E-state index contributed by atoms with van der Waals surface area (Å²) in [5.74, 6) is 0.165. The number of nitrogens with zero attached hydrogens (tertiary/aromatic N) is 1. The van der Waals surface area contributed by atoms with Crippen molar-refractivity contribution in [2.24, 2.45) is 0 Å². The third kappa shape index (κ3) is 4.77. The van der Waals surface area contributed by atoms with Gasteiger partial charge in [0.2, 0.25) is 5.91 Å². The highest BCUT2D eigenvalue weighted by Gasteiger charge is 2.19. The lowest BCUT2D eigenvalue weighted by molar-refractivity contribution is -0.133. The van der Waals surface area contributed by atoms with E-state index in [1.54, 1.807) is 4.90 Å². The van der Waals surface area contributed by atoms with Crippen LogP contribution in [0.25, 0.3) is 0 Å². The summed E-state index contributed by atoms with van der Waals surface area (Å²) in [6.45, 7) is 6.84. The summed E-state index contributed by atoms with van der Waals surface area (Å²) in [6.07, 6.45) is 4.35. The molecule has 4 nitrogen and oxygen atoms in total. The highest BCUT2D eigenvalue weighted by atomic mass is 16.5. The zero-order valence-corrected chi connectivity index (χ0v) is 10.1. The monoisotopic (exact) mass is 226 g/mol. The lowest BCUT2D eigenvalue weighted by Gasteiger charge is -2.25. The first kappa shape index (κ1) is 13.2. The minimum Gasteiger partial charge on any atom is -0.375 e. The minimum absolute atomic E-state index is 0.0445. The van der Waals surface area contributed by atoms with Gasteiger partial charge in [0.25, 0.3) is 0 Å². The molecule has 0 radical (unpaired) electrons. The maximum absolute atomic E-state index is 11.8. The molecule has 0 saturated carbocycles. The molecule has 1 atom stereocenters. The topological polar surface area (TPSA) is 41.6 Å². The van der Waals surface area contributed by atoms with Crippen LogP contribution in [0, 0.1) is 0 Å². The van der Waals surface area contributed by atoms with E-state index < -0.39 is 0 Å². The first-order chi connectivity index (χ1) is 7.74. The van der Waals surface area contributed by atoms with E-state index in [9.17, 15) is 4.79 Å². The van der Waals surface area contributed by atoms with E-state index >= 15 is 0 Å². The number of ether oxygens (including phenoxy) is 1. The van der Waals surface area contributed by atoms with Crippen LogP contribution in [0.2, 0.25) is 0 Å². The number of morpholine rings is 1. The Kier molecular flexibility index (Phi) is 6.11. The van der Waals surface area contributed by atoms with Crippen LogP contribution in [0.3, 0.4) is 0 Å². The first-order valence-corrected chi connectivity index (χ1v) is 5.91.